The van der Waals surface area contributed by atoms with Gasteiger partial charge in [0.25, 0.3) is 0 Å². The van der Waals surface area contributed by atoms with Crippen molar-refractivity contribution >= 4 is 0 Å². The summed E-state index contributed by atoms with van der Waals surface area (Å²) in [5.41, 5.74) is 0. The fraction of sp³-hybridized carbons (Fsp3) is 0.538. The van der Waals surface area contributed by atoms with Crippen molar-refractivity contribution in [2.75, 3.05) is 20.2 Å². The molecule has 1 atom stereocenters. The van der Waals surface area contributed by atoms with E-state index in [-0.39, 0.29) is 6.10 Å². The van der Waals surface area contributed by atoms with Gasteiger partial charge in [-0.05, 0) is 32.5 Å². The molecule has 0 heterocycles. The summed E-state index contributed by atoms with van der Waals surface area (Å²) in [6.45, 7) is 5.67. The minimum Gasteiger partial charge on any atom is -0.490 e. The van der Waals surface area contributed by atoms with Crippen molar-refractivity contribution in [3.63, 3.8) is 0 Å². The van der Waals surface area contributed by atoms with E-state index in [2.05, 4.69) is 12.2 Å². The first-order valence-corrected chi connectivity index (χ1v) is 5.81. The highest BCUT2D eigenvalue weighted by Gasteiger charge is 2.07. The summed E-state index contributed by atoms with van der Waals surface area (Å²) in [4.78, 5) is 0. The van der Waals surface area contributed by atoms with Gasteiger partial charge < -0.3 is 14.8 Å². The summed E-state index contributed by atoms with van der Waals surface area (Å²) in [5.74, 6) is 1.64. The van der Waals surface area contributed by atoms with Gasteiger partial charge in [0.1, 0.15) is 6.10 Å². The number of rotatable bonds is 7. The lowest BCUT2D eigenvalue weighted by molar-refractivity contribution is 0.204. The molecule has 0 bridgehead atoms. The summed E-state index contributed by atoms with van der Waals surface area (Å²) in [6, 6.07) is 7.80. The normalized spacial score (nSPS) is 12.2. The maximum atomic E-state index is 5.80. The number of para-hydroxylation sites is 2. The first-order chi connectivity index (χ1) is 7.77. The lowest BCUT2D eigenvalue weighted by Crippen LogP contribution is -2.26. The summed E-state index contributed by atoms with van der Waals surface area (Å²) in [5, 5.41) is 3.08. The van der Waals surface area contributed by atoms with E-state index >= 15 is 0 Å². The molecule has 0 fully saturated rings. The van der Waals surface area contributed by atoms with Gasteiger partial charge in [0.15, 0.2) is 11.5 Å². The maximum absolute atomic E-state index is 5.80. The molecule has 0 radical (unpaired) electrons. The first kappa shape index (κ1) is 12.8. The van der Waals surface area contributed by atoms with Crippen molar-refractivity contribution in [1.82, 2.24) is 5.32 Å². The number of ether oxygens (including phenoxy) is 2. The van der Waals surface area contributed by atoms with Crippen LogP contribution in [0.3, 0.4) is 0 Å². The van der Waals surface area contributed by atoms with Crippen LogP contribution in [0.2, 0.25) is 0 Å². The molecule has 1 aromatic rings. The average Bonchev–Trinajstić information content (AvgIpc) is 2.28. The predicted molar refractivity (Wildman–Crippen MR) is 66.2 cm³/mol. The molecule has 0 saturated carbocycles. The van der Waals surface area contributed by atoms with Gasteiger partial charge >= 0.3 is 0 Å². The van der Waals surface area contributed by atoms with E-state index in [1.165, 1.54) is 0 Å². The lowest BCUT2D eigenvalue weighted by Gasteiger charge is -2.17. The van der Waals surface area contributed by atoms with Gasteiger partial charge in [-0.3, -0.25) is 0 Å². The molecule has 90 valence electrons. The van der Waals surface area contributed by atoms with Gasteiger partial charge in [0, 0.05) is 6.54 Å². The molecule has 0 saturated heterocycles. The molecule has 0 aliphatic rings. The van der Waals surface area contributed by atoms with Crippen LogP contribution in [0.1, 0.15) is 20.3 Å². The number of nitrogens with one attached hydrogen (secondary N) is 1. The Labute approximate surface area is 97.8 Å². The molecule has 3 heteroatoms. The monoisotopic (exact) mass is 223 g/mol. The van der Waals surface area contributed by atoms with Crippen LogP contribution in [0.25, 0.3) is 0 Å². The zero-order valence-corrected chi connectivity index (χ0v) is 10.3. The maximum Gasteiger partial charge on any atom is 0.161 e. The van der Waals surface area contributed by atoms with Crippen molar-refractivity contribution in [1.29, 1.82) is 0 Å². The van der Waals surface area contributed by atoms with E-state index in [0.717, 1.165) is 31.1 Å². The summed E-state index contributed by atoms with van der Waals surface area (Å²) in [6.07, 6.45) is 1.14. The molecule has 0 aliphatic carbocycles. The molecule has 16 heavy (non-hydrogen) atoms. The molecule has 0 aromatic heterocycles. The molecule has 3 nitrogen and oxygen atoms in total. The van der Waals surface area contributed by atoms with Gasteiger partial charge in [-0.15, -0.1) is 0 Å². The highest BCUT2D eigenvalue weighted by molar-refractivity contribution is 5.39. The third-order valence-electron chi connectivity index (χ3n) is 2.13. The van der Waals surface area contributed by atoms with E-state index in [0.29, 0.717) is 0 Å². The SMILES string of the molecule is CCCOc1ccccc1OC(C)CNC. The number of hydrogen-bond acceptors (Lipinski definition) is 3. The standard InChI is InChI=1S/C13H21NO2/c1-4-9-15-12-7-5-6-8-13(12)16-11(2)10-14-3/h5-8,11,14H,4,9-10H2,1-3H3. The zero-order valence-electron chi connectivity index (χ0n) is 10.3. The van der Waals surface area contributed by atoms with E-state index in [4.69, 9.17) is 9.47 Å². The van der Waals surface area contributed by atoms with Crippen molar-refractivity contribution in [3.8, 4) is 11.5 Å². The molecule has 1 unspecified atom stereocenters. The first-order valence-electron chi connectivity index (χ1n) is 5.81. The largest absolute Gasteiger partial charge is 0.490 e. The Balaban J connectivity index is 2.62. The van der Waals surface area contributed by atoms with Gasteiger partial charge in [-0.25, -0.2) is 0 Å². The van der Waals surface area contributed by atoms with Gasteiger partial charge in [0.2, 0.25) is 0 Å². The van der Waals surface area contributed by atoms with E-state index in [1.54, 1.807) is 0 Å². The minimum absolute atomic E-state index is 0.136. The molecule has 0 spiro atoms. The van der Waals surface area contributed by atoms with Crippen LogP contribution in [-0.4, -0.2) is 26.3 Å². The van der Waals surface area contributed by atoms with Crippen LogP contribution in [0, 0.1) is 0 Å². The van der Waals surface area contributed by atoms with Gasteiger partial charge in [0.05, 0.1) is 6.61 Å². The summed E-state index contributed by atoms with van der Waals surface area (Å²) in [7, 11) is 1.92. The van der Waals surface area contributed by atoms with Crippen LogP contribution in [0.5, 0.6) is 11.5 Å². The second kappa shape index (κ2) is 7.12. The molecular weight excluding hydrogens is 202 g/mol. The smallest absolute Gasteiger partial charge is 0.161 e. The highest BCUT2D eigenvalue weighted by Crippen LogP contribution is 2.27. The van der Waals surface area contributed by atoms with E-state index in [1.807, 2.05) is 38.2 Å². The van der Waals surface area contributed by atoms with Crippen molar-refractivity contribution < 1.29 is 9.47 Å². The average molecular weight is 223 g/mol. The van der Waals surface area contributed by atoms with Crippen LogP contribution < -0.4 is 14.8 Å². The van der Waals surface area contributed by atoms with E-state index in [9.17, 15) is 0 Å². The Hall–Kier alpha value is -1.22. The Morgan fingerprint density at radius 3 is 2.56 bits per heavy atom. The van der Waals surface area contributed by atoms with Crippen LogP contribution in [0.15, 0.2) is 24.3 Å². The Kier molecular flexibility index (Phi) is 5.72. The van der Waals surface area contributed by atoms with Gasteiger partial charge in [-0.2, -0.15) is 0 Å². The van der Waals surface area contributed by atoms with E-state index < -0.39 is 0 Å². The predicted octanol–water partition coefficient (Wildman–Crippen LogP) is 2.46. The second-order valence-electron chi connectivity index (χ2n) is 3.78. The Morgan fingerprint density at radius 2 is 1.94 bits per heavy atom. The van der Waals surface area contributed by atoms with Crippen molar-refractivity contribution in [2.24, 2.45) is 0 Å². The topological polar surface area (TPSA) is 30.5 Å². The summed E-state index contributed by atoms with van der Waals surface area (Å²) < 4.78 is 11.4. The number of benzene rings is 1. The van der Waals surface area contributed by atoms with Crippen LogP contribution in [0.4, 0.5) is 0 Å². The third-order valence-corrected chi connectivity index (χ3v) is 2.13. The lowest BCUT2D eigenvalue weighted by atomic mass is 10.3. The van der Waals surface area contributed by atoms with Gasteiger partial charge in [-0.1, -0.05) is 19.1 Å². The molecule has 0 amide bonds. The molecule has 1 aromatic carbocycles. The third kappa shape index (κ3) is 4.11. The fourth-order valence-electron chi connectivity index (χ4n) is 1.42. The zero-order chi connectivity index (χ0) is 11.8. The highest BCUT2D eigenvalue weighted by atomic mass is 16.5. The molecule has 1 N–H and O–H groups in total. The van der Waals surface area contributed by atoms with Crippen LogP contribution in [-0.2, 0) is 0 Å². The Bertz CT molecular complexity index is 302. The molecular formula is C13H21NO2. The second-order valence-corrected chi connectivity index (χ2v) is 3.78. The summed E-state index contributed by atoms with van der Waals surface area (Å²) >= 11 is 0. The fourth-order valence-corrected chi connectivity index (χ4v) is 1.42. The van der Waals surface area contributed by atoms with Crippen molar-refractivity contribution in [2.45, 2.75) is 26.4 Å². The number of likely N-dealkylation sites (N-methyl/N-ethyl adjacent to an activating group) is 1. The van der Waals surface area contributed by atoms with Crippen LogP contribution >= 0.6 is 0 Å². The molecule has 0 aliphatic heterocycles. The quantitative estimate of drug-likeness (QED) is 0.770. The number of hydrogen-bond donors (Lipinski definition) is 1. The van der Waals surface area contributed by atoms with Crippen molar-refractivity contribution in [3.05, 3.63) is 24.3 Å². The molecule has 1 rings (SSSR count). The minimum atomic E-state index is 0.136. The Morgan fingerprint density at radius 1 is 1.25 bits per heavy atom.